The third-order valence-electron chi connectivity index (χ3n) is 8.49. The Bertz CT molecular complexity index is 1360. The Kier molecular flexibility index (Phi) is 8.49. The van der Waals surface area contributed by atoms with Gasteiger partial charge in [0.25, 0.3) is 5.78 Å². The first-order chi connectivity index (χ1) is 19.3. The zero-order chi connectivity index (χ0) is 28.3. The van der Waals surface area contributed by atoms with Crippen molar-refractivity contribution in [3.8, 4) is 5.75 Å². The van der Waals surface area contributed by atoms with E-state index in [0.29, 0.717) is 37.7 Å². The highest BCUT2D eigenvalue weighted by atomic mass is 16.6. The van der Waals surface area contributed by atoms with E-state index in [1.165, 1.54) is 5.56 Å². The highest BCUT2D eigenvalue weighted by Crippen LogP contribution is 2.45. The number of rotatable bonds is 11. The van der Waals surface area contributed by atoms with Gasteiger partial charge in [0.1, 0.15) is 23.9 Å². The van der Waals surface area contributed by atoms with Gasteiger partial charge in [-0.3, -0.25) is 9.59 Å². The van der Waals surface area contributed by atoms with E-state index in [0.717, 1.165) is 54.8 Å². The van der Waals surface area contributed by atoms with Crippen molar-refractivity contribution in [2.45, 2.75) is 84.2 Å². The summed E-state index contributed by atoms with van der Waals surface area (Å²) in [6.45, 7) is 6.93. The molecule has 9 heteroatoms. The van der Waals surface area contributed by atoms with Crippen LogP contribution in [0.25, 0.3) is 5.78 Å². The number of methoxy groups -OCH3 is 1. The predicted octanol–water partition coefficient (Wildman–Crippen LogP) is 4.57. The molecule has 5 rings (SSSR count). The number of nitrogens with zero attached hydrogens (tertiary/aromatic N) is 4. The van der Waals surface area contributed by atoms with Crippen LogP contribution in [0.3, 0.4) is 0 Å². The molecule has 2 aromatic heterocycles. The Labute approximate surface area is 235 Å². The summed E-state index contributed by atoms with van der Waals surface area (Å²) in [6.07, 6.45) is 6.64. The minimum atomic E-state index is -0.898. The molecule has 0 bridgehead atoms. The summed E-state index contributed by atoms with van der Waals surface area (Å²) < 4.78 is 19.2. The largest absolute Gasteiger partial charge is 0.491 e. The van der Waals surface area contributed by atoms with Crippen molar-refractivity contribution in [2.75, 3.05) is 20.3 Å². The minimum absolute atomic E-state index is 0.0817. The molecule has 1 aliphatic heterocycles. The summed E-state index contributed by atoms with van der Waals surface area (Å²) >= 11 is 0. The van der Waals surface area contributed by atoms with Gasteiger partial charge in [-0.2, -0.15) is 4.98 Å². The van der Waals surface area contributed by atoms with Crippen molar-refractivity contribution in [2.24, 2.45) is 11.8 Å². The standard InChI is InChI=1S/C31H40N4O5/c1-5-22-10-11-27(39-15-14-38-4)23(17-22)12-13-31(24-8-6-7-9-24)19-26(36)25(29(37)40-31)18-28-33-30-32-20(2)16-21(3)35(30)34-28/h10-11,16-17,24-25H,5-9,12-15,18-19H2,1-4H3. The van der Waals surface area contributed by atoms with E-state index in [9.17, 15) is 9.59 Å². The maximum absolute atomic E-state index is 13.7. The molecule has 2 atom stereocenters. The van der Waals surface area contributed by atoms with E-state index in [-0.39, 0.29) is 24.5 Å². The summed E-state index contributed by atoms with van der Waals surface area (Å²) in [7, 11) is 1.65. The van der Waals surface area contributed by atoms with Crippen LogP contribution in [-0.2, 0) is 38.3 Å². The maximum Gasteiger partial charge on any atom is 0.317 e. The number of hydrogen-bond donors (Lipinski definition) is 0. The number of ketones is 1. The molecule has 9 nitrogen and oxygen atoms in total. The molecule has 3 aromatic rings. The van der Waals surface area contributed by atoms with Crippen molar-refractivity contribution in [1.82, 2.24) is 19.6 Å². The Morgan fingerprint density at radius 3 is 2.62 bits per heavy atom. The molecule has 1 saturated heterocycles. The normalized spacial score (nSPS) is 21.8. The van der Waals surface area contributed by atoms with E-state index in [1.807, 2.05) is 26.0 Å². The van der Waals surface area contributed by atoms with Gasteiger partial charge in [0.15, 0.2) is 11.6 Å². The molecule has 214 valence electrons. The first-order valence-corrected chi connectivity index (χ1v) is 14.5. The molecule has 40 heavy (non-hydrogen) atoms. The van der Waals surface area contributed by atoms with Gasteiger partial charge in [-0.05, 0) is 75.1 Å². The van der Waals surface area contributed by atoms with Gasteiger partial charge >= 0.3 is 5.97 Å². The van der Waals surface area contributed by atoms with Crippen LogP contribution in [0, 0.1) is 25.7 Å². The lowest BCUT2D eigenvalue weighted by atomic mass is 9.73. The number of carbonyl (C=O) groups is 2. The molecular weight excluding hydrogens is 508 g/mol. The number of aryl methyl sites for hydroxylation is 4. The Morgan fingerprint density at radius 2 is 1.90 bits per heavy atom. The Balaban J connectivity index is 1.36. The average Bonchev–Trinajstić information content (AvgIpc) is 3.61. The SMILES string of the molecule is CCc1ccc(OCCOC)c(CCC2(C3CCCC3)CC(=O)C(Cc3nc4nc(C)cc(C)n4n3)C(=O)O2)c1. The van der Waals surface area contributed by atoms with Crippen LogP contribution in [0.5, 0.6) is 5.75 Å². The molecule has 0 spiro atoms. The van der Waals surface area contributed by atoms with Gasteiger partial charge in [0.2, 0.25) is 0 Å². The van der Waals surface area contributed by atoms with Gasteiger partial charge in [0.05, 0.1) is 6.61 Å². The average molecular weight is 549 g/mol. The molecule has 0 radical (unpaired) electrons. The lowest BCUT2D eigenvalue weighted by Gasteiger charge is -2.43. The zero-order valence-corrected chi connectivity index (χ0v) is 24.1. The molecular formula is C31H40N4O5. The third-order valence-corrected chi connectivity index (χ3v) is 8.49. The van der Waals surface area contributed by atoms with Gasteiger partial charge in [-0.1, -0.05) is 31.9 Å². The summed E-state index contributed by atoms with van der Waals surface area (Å²) in [4.78, 5) is 36.1. The molecule has 2 fully saturated rings. The molecule has 1 aromatic carbocycles. The summed E-state index contributed by atoms with van der Waals surface area (Å²) in [5.41, 5.74) is 3.24. The molecule has 2 unspecified atom stereocenters. The van der Waals surface area contributed by atoms with E-state index >= 15 is 0 Å². The van der Waals surface area contributed by atoms with Crippen LogP contribution < -0.4 is 4.74 Å². The van der Waals surface area contributed by atoms with Gasteiger partial charge in [0, 0.05) is 31.3 Å². The monoisotopic (exact) mass is 548 g/mol. The number of Topliss-reactive ketones (excluding diaryl/α,β-unsaturated/α-hetero) is 1. The van der Waals surface area contributed by atoms with Crippen molar-refractivity contribution >= 4 is 17.5 Å². The first-order valence-electron chi connectivity index (χ1n) is 14.5. The molecule has 1 aliphatic carbocycles. The highest BCUT2D eigenvalue weighted by molar-refractivity contribution is 6.01. The number of cyclic esters (lactones) is 1. The lowest BCUT2D eigenvalue weighted by molar-refractivity contribution is -0.185. The zero-order valence-electron chi connectivity index (χ0n) is 24.1. The number of hydrogen-bond acceptors (Lipinski definition) is 8. The van der Waals surface area contributed by atoms with Gasteiger partial charge in [-0.25, -0.2) is 9.50 Å². The number of benzene rings is 1. The Hall–Kier alpha value is -3.33. The van der Waals surface area contributed by atoms with Gasteiger partial charge < -0.3 is 14.2 Å². The van der Waals surface area contributed by atoms with E-state index in [1.54, 1.807) is 11.6 Å². The van der Waals surface area contributed by atoms with Crippen LogP contribution in [0.4, 0.5) is 0 Å². The van der Waals surface area contributed by atoms with Crippen molar-refractivity contribution < 1.29 is 23.8 Å². The number of esters is 1. The van der Waals surface area contributed by atoms with Crippen molar-refractivity contribution in [3.05, 3.63) is 52.6 Å². The van der Waals surface area contributed by atoms with E-state index in [4.69, 9.17) is 14.2 Å². The van der Waals surface area contributed by atoms with Crippen molar-refractivity contribution in [3.63, 3.8) is 0 Å². The quantitative estimate of drug-likeness (QED) is 0.195. The second-order valence-electron chi connectivity index (χ2n) is 11.3. The maximum atomic E-state index is 13.7. The summed E-state index contributed by atoms with van der Waals surface area (Å²) in [6, 6.07) is 8.19. The fourth-order valence-corrected chi connectivity index (χ4v) is 6.32. The molecule has 0 amide bonds. The Morgan fingerprint density at radius 1 is 1.10 bits per heavy atom. The second-order valence-corrected chi connectivity index (χ2v) is 11.3. The number of ether oxygens (including phenoxy) is 3. The summed E-state index contributed by atoms with van der Waals surface area (Å²) in [5, 5.41) is 4.52. The molecule has 2 aliphatic rings. The first kappa shape index (κ1) is 28.2. The van der Waals surface area contributed by atoms with Gasteiger partial charge in [-0.15, -0.1) is 5.10 Å². The van der Waals surface area contributed by atoms with E-state index in [2.05, 4.69) is 34.1 Å². The smallest absolute Gasteiger partial charge is 0.317 e. The fourth-order valence-electron chi connectivity index (χ4n) is 6.32. The third kappa shape index (κ3) is 5.89. The van der Waals surface area contributed by atoms with Crippen LogP contribution in [-0.4, -0.2) is 57.3 Å². The van der Waals surface area contributed by atoms with Crippen molar-refractivity contribution in [1.29, 1.82) is 0 Å². The van der Waals surface area contributed by atoms with Crippen LogP contribution >= 0.6 is 0 Å². The molecule has 1 saturated carbocycles. The highest BCUT2D eigenvalue weighted by Gasteiger charge is 2.51. The summed E-state index contributed by atoms with van der Waals surface area (Å²) in [5.74, 6) is 0.463. The van der Waals surface area contributed by atoms with Crippen LogP contribution in [0.1, 0.15) is 73.8 Å². The molecule has 3 heterocycles. The predicted molar refractivity (Wildman–Crippen MR) is 149 cm³/mol. The number of aromatic nitrogens is 4. The fraction of sp³-hybridized carbons (Fsp3) is 0.581. The van der Waals surface area contributed by atoms with Crippen LogP contribution in [0.2, 0.25) is 0 Å². The second kappa shape index (κ2) is 12.0. The number of carbonyl (C=O) groups excluding carboxylic acids is 2. The molecule has 0 N–H and O–H groups in total. The lowest BCUT2D eigenvalue weighted by Crippen LogP contribution is -2.52. The van der Waals surface area contributed by atoms with Crippen LogP contribution in [0.15, 0.2) is 24.3 Å². The number of fused-ring (bicyclic) bond motifs is 1. The van der Waals surface area contributed by atoms with E-state index < -0.39 is 17.5 Å². The minimum Gasteiger partial charge on any atom is -0.491 e. The topological polar surface area (TPSA) is 105 Å².